The molecule has 10 heteroatoms. The van der Waals surface area contributed by atoms with Crippen LogP contribution in [0.5, 0.6) is 11.5 Å². The number of morpholine rings is 1. The number of hydrogen-bond acceptors (Lipinski definition) is 6. The van der Waals surface area contributed by atoms with Gasteiger partial charge in [-0.15, -0.1) is 0 Å². The molecule has 0 atom stereocenters. The number of pyridine rings is 1. The van der Waals surface area contributed by atoms with Gasteiger partial charge in [0.1, 0.15) is 16.8 Å². The monoisotopic (exact) mass is 528 g/mol. The zero-order chi connectivity index (χ0) is 26.7. The van der Waals surface area contributed by atoms with Crippen LogP contribution in [0.1, 0.15) is 10.4 Å². The summed E-state index contributed by atoms with van der Waals surface area (Å²) >= 11 is 0. The number of benzene rings is 3. The van der Waals surface area contributed by atoms with Gasteiger partial charge in [0.05, 0.1) is 24.3 Å². The Labute approximate surface area is 222 Å². The van der Waals surface area contributed by atoms with Gasteiger partial charge in [-0.05, 0) is 29.0 Å². The third-order valence-corrected chi connectivity index (χ3v) is 7.78. The van der Waals surface area contributed by atoms with Crippen LogP contribution in [0.15, 0.2) is 53.5 Å². The van der Waals surface area contributed by atoms with E-state index in [0.29, 0.717) is 69.4 Å². The lowest BCUT2D eigenvalue weighted by Crippen LogP contribution is -2.46. The topological polar surface area (TPSA) is 84.3 Å². The van der Waals surface area contributed by atoms with E-state index in [2.05, 4.69) is 0 Å². The zero-order valence-electron chi connectivity index (χ0n) is 21.1. The first-order chi connectivity index (χ1) is 19.0. The predicted molar refractivity (Wildman–Crippen MR) is 144 cm³/mol. The molecule has 4 aromatic rings. The van der Waals surface area contributed by atoms with Gasteiger partial charge in [-0.1, -0.05) is 24.3 Å². The molecule has 3 aliphatic heterocycles. The van der Waals surface area contributed by atoms with Gasteiger partial charge in [-0.25, -0.2) is 4.39 Å². The van der Waals surface area contributed by atoms with Gasteiger partial charge in [-0.2, -0.15) is 0 Å². The third-order valence-electron chi connectivity index (χ3n) is 7.78. The van der Waals surface area contributed by atoms with E-state index in [1.807, 2.05) is 41.3 Å². The summed E-state index contributed by atoms with van der Waals surface area (Å²) in [7, 11) is 0. The molecule has 2 amide bonds. The lowest BCUT2D eigenvalue weighted by atomic mass is 10.0. The third kappa shape index (κ3) is 3.74. The largest absolute Gasteiger partial charge is 0.451 e. The van der Waals surface area contributed by atoms with Crippen LogP contribution in [-0.4, -0.2) is 79.2 Å². The molecule has 198 valence electrons. The number of fused-ring (bicyclic) bond motifs is 3. The van der Waals surface area contributed by atoms with Crippen LogP contribution in [0, 0.1) is 5.82 Å². The van der Waals surface area contributed by atoms with E-state index >= 15 is 4.39 Å². The highest BCUT2D eigenvalue weighted by atomic mass is 19.1. The molecule has 9 nitrogen and oxygen atoms in total. The number of amides is 2. The second-order valence-corrected chi connectivity index (χ2v) is 9.98. The molecule has 0 bridgehead atoms. The number of anilines is 1. The van der Waals surface area contributed by atoms with Crippen LogP contribution in [0.4, 0.5) is 10.1 Å². The molecule has 3 aliphatic rings. The fraction of sp³-hybridized carbons (Fsp3) is 0.276. The van der Waals surface area contributed by atoms with Gasteiger partial charge in [-0.3, -0.25) is 14.4 Å². The van der Waals surface area contributed by atoms with Crippen molar-refractivity contribution in [1.29, 1.82) is 0 Å². The number of carbonyl (C=O) groups is 2. The number of hydrogen-bond donors (Lipinski definition) is 0. The summed E-state index contributed by atoms with van der Waals surface area (Å²) in [6.07, 6.45) is 2.36. The highest BCUT2D eigenvalue weighted by Crippen LogP contribution is 2.47. The number of rotatable bonds is 3. The van der Waals surface area contributed by atoms with Crippen molar-refractivity contribution in [3.8, 4) is 17.2 Å². The fourth-order valence-corrected chi connectivity index (χ4v) is 5.72. The second kappa shape index (κ2) is 9.09. The Hall–Kier alpha value is -4.44. The van der Waals surface area contributed by atoms with E-state index in [0.717, 1.165) is 17.2 Å². The van der Waals surface area contributed by atoms with Gasteiger partial charge in [0, 0.05) is 45.5 Å². The lowest BCUT2D eigenvalue weighted by molar-refractivity contribution is -0.118. The molecule has 1 aromatic heterocycles. The Bertz CT molecular complexity index is 1720. The average molecular weight is 529 g/mol. The summed E-state index contributed by atoms with van der Waals surface area (Å²) in [5.74, 6) is -0.288. The van der Waals surface area contributed by atoms with Crippen molar-refractivity contribution in [2.75, 3.05) is 57.4 Å². The number of carbonyl (C=O) groups excluding carboxylic acids is 2. The summed E-state index contributed by atoms with van der Waals surface area (Å²) in [5, 5.41) is 1.98. The van der Waals surface area contributed by atoms with E-state index < -0.39 is 17.2 Å². The molecule has 0 saturated carbocycles. The first kappa shape index (κ1) is 23.7. The maximum atomic E-state index is 15.9. The molecule has 0 aliphatic carbocycles. The Morgan fingerprint density at radius 1 is 0.949 bits per heavy atom. The van der Waals surface area contributed by atoms with Crippen LogP contribution < -0.4 is 15.1 Å². The van der Waals surface area contributed by atoms with Gasteiger partial charge in [0.15, 0.2) is 17.3 Å². The molecular formula is C29H25FN4O5. The Morgan fingerprint density at radius 2 is 1.67 bits per heavy atom. The maximum absolute atomic E-state index is 15.9. The first-order valence-electron chi connectivity index (χ1n) is 13.0. The smallest absolute Gasteiger partial charge is 0.259 e. The fourth-order valence-electron chi connectivity index (χ4n) is 5.72. The summed E-state index contributed by atoms with van der Waals surface area (Å²) in [4.78, 5) is 43.6. The summed E-state index contributed by atoms with van der Waals surface area (Å²) in [6.45, 7) is 3.28. The first-order valence-corrected chi connectivity index (χ1v) is 13.0. The Kier molecular flexibility index (Phi) is 5.52. The highest BCUT2D eigenvalue weighted by molar-refractivity contribution is 6.02. The van der Waals surface area contributed by atoms with Crippen LogP contribution >= 0.6 is 0 Å². The van der Waals surface area contributed by atoms with Gasteiger partial charge in [0.2, 0.25) is 11.8 Å². The van der Waals surface area contributed by atoms with Gasteiger partial charge < -0.3 is 28.7 Å². The quantitative estimate of drug-likeness (QED) is 0.335. The van der Waals surface area contributed by atoms with Crippen LogP contribution in [-0.2, 0) is 9.53 Å². The molecule has 39 heavy (non-hydrogen) atoms. The minimum Gasteiger partial charge on any atom is -0.451 e. The van der Waals surface area contributed by atoms with Gasteiger partial charge in [0.25, 0.3) is 5.91 Å². The predicted octanol–water partition coefficient (Wildman–Crippen LogP) is 3.14. The number of halogens is 1. The Balaban J connectivity index is 1.48. The average Bonchev–Trinajstić information content (AvgIpc) is 2.97. The maximum Gasteiger partial charge on any atom is 0.259 e. The lowest BCUT2D eigenvalue weighted by Gasteiger charge is -2.36. The number of piperazine rings is 1. The highest BCUT2D eigenvalue weighted by Gasteiger charge is 2.32. The van der Waals surface area contributed by atoms with Crippen LogP contribution in [0.25, 0.3) is 27.4 Å². The summed E-state index contributed by atoms with van der Waals surface area (Å²) in [5.41, 5.74) is 0.750. The van der Waals surface area contributed by atoms with Crippen molar-refractivity contribution in [2.45, 2.75) is 0 Å². The van der Waals surface area contributed by atoms with Crippen molar-refractivity contribution < 1.29 is 23.5 Å². The summed E-state index contributed by atoms with van der Waals surface area (Å²) in [6, 6.07) is 12.9. The van der Waals surface area contributed by atoms with E-state index in [-0.39, 0.29) is 22.4 Å². The van der Waals surface area contributed by atoms with Gasteiger partial charge >= 0.3 is 0 Å². The molecule has 2 fully saturated rings. The molecule has 0 spiro atoms. The normalized spacial score (nSPS) is 16.8. The van der Waals surface area contributed by atoms with Crippen molar-refractivity contribution in [2.24, 2.45) is 0 Å². The molecular weight excluding hydrogens is 503 g/mol. The number of aromatic nitrogens is 1. The zero-order valence-corrected chi connectivity index (χ0v) is 21.1. The van der Waals surface area contributed by atoms with Crippen LogP contribution in [0.3, 0.4) is 0 Å². The number of ether oxygens (including phenoxy) is 2. The standard InChI is InChI=1S/C29H25FN4O5/c30-22-15-20-25-28(26(22)32-7-5-31(17-35)6-8-32)39-24-14-19-4-2-1-3-18(19)13-23(24)34(25)16-21(27(20)36)29(37)33-9-11-38-12-10-33/h1-4,13-17H,5-12H2. The van der Waals surface area contributed by atoms with E-state index in [4.69, 9.17) is 9.47 Å². The van der Waals surface area contributed by atoms with Crippen molar-refractivity contribution in [3.05, 3.63) is 70.3 Å². The minimum absolute atomic E-state index is 0.0249. The van der Waals surface area contributed by atoms with Crippen LogP contribution in [0.2, 0.25) is 0 Å². The molecule has 3 aromatic carbocycles. The van der Waals surface area contributed by atoms with Crippen molar-refractivity contribution in [1.82, 2.24) is 14.4 Å². The molecule has 4 heterocycles. The molecule has 0 N–H and O–H groups in total. The minimum atomic E-state index is -0.610. The SMILES string of the molecule is O=CN1CCN(c2c(F)cc3c(=O)c(C(=O)N4CCOCC4)cn4c3c2Oc2cc3ccccc3cc2-4)CC1. The second-order valence-electron chi connectivity index (χ2n) is 9.98. The molecule has 0 unspecified atom stereocenters. The Morgan fingerprint density at radius 3 is 2.38 bits per heavy atom. The van der Waals surface area contributed by atoms with E-state index in [9.17, 15) is 14.4 Å². The van der Waals surface area contributed by atoms with E-state index in [1.165, 1.54) is 6.07 Å². The van der Waals surface area contributed by atoms with Crippen molar-refractivity contribution in [3.63, 3.8) is 0 Å². The summed E-state index contributed by atoms with van der Waals surface area (Å²) < 4.78 is 29.5. The van der Waals surface area contributed by atoms with E-state index in [1.54, 1.807) is 20.6 Å². The number of nitrogens with zero attached hydrogens (tertiary/aromatic N) is 4. The molecule has 0 radical (unpaired) electrons. The molecule has 7 rings (SSSR count). The molecule has 2 saturated heterocycles. The van der Waals surface area contributed by atoms with Crippen molar-refractivity contribution >= 4 is 39.7 Å².